The molecule has 1 fully saturated rings. The van der Waals surface area contributed by atoms with Crippen LogP contribution in [0.15, 0.2) is 47.5 Å². The van der Waals surface area contributed by atoms with Crippen molar-refractivity contribution in [3.8, 4) is 0 Å². The maximum atomic E-state index is 12.5. The summed E-state index contributed by atoms with van der Waals surface area (Å²) in [7, 11) is 0. The van der Waals surface area contributed by atoms with E-state index in [4.69, 9.17) is 0 Å². The van der Waals surface area contributed by atoms with E-state index < -0.39 is 0 Å². The van der Waals surface area contributed by atoms with E-state index in [1.54, 1.807) is 18.3 Å². The van der Waals surface area contributed by atoms with Crippen LogP contribution in [0.2, 0.25) is 0 Å². The number of nitrogens with one attached hydrogen (secondary N) is 1. The summed E-state index contributed by atoms with van der Waals surface area (Å²) in [5, 5.41) is 7.24. The topological polar surface area (TPSA) is 81.8 Å². The molecule has 25 heavy (non-hydrogen) atoms. The third-order valence-electron chi connectivity index (χ3n) is 4.66. The Morgan fingerprint density at radius 2 is 2.00 bits per heavy atom. The van der Waals surface area contributed by atoms with Crippen molar-refractivity contribution in [1.29, 1.82) is 0 Å². The zero-order valence-electron chi connectivity index (χ0n) is 13.8. The first-order chi connectivity index (χ1) is 12.2. The molecule has 7 heteroatoms. The predicted octanol–water partition coefficient (Wildman–Crippen LogP) is 2.35. The summed E-state index contributed by atoms with van der Waals surface area (Å²) in [6.07, 6.45) is 7.49. The highest BCUT2D eigenvalue weighted by Gasteiger charge is 2.20. The first kappa shape index (κ1) is 15.6. The van der Waals surface area contributed by atoms with Gasteiger partial charge in [-0.25, -0.2) is 9.67 Å². The molecule has 0 atom stereocenters. The highest BCUT2D eigenvalue weighted by Crippen LogP contribution is 2.31. The maximum absolute atomic E-state index is 12.5. The average Bonchev–Trinajstić information content (AvgIpc) is 3.28. The number of para-hydroxylation sites is 2. The molecule has 0 bridgehead atoms. The largest absolute Gasteiger partial charge is 0.309 e. The minimum Gasteiger partial charge on any atom is -0.309 e. The Morgan fingerprint density at radius 1 is 1.20 bits per heavy atom. The van der Waals surface area contributed by atoms with Crippen molar-refractivity contribution in [2.75, 3.05) is 5.32 Å². The highest BCUT2D eigenvalue weighted by molar-refractivity contribution is 5.90. The zero-order valence-corrected chi connectivity index (χ0v) is 13.8. The van der Waals surface area contributed by atoms with Gasteiger partial charge in [0, 0.05) is 6.07 Å². The molecule has 4 rings (SSSR count). The van der Waals surface area contributed by atoms with Crippen LogP contribution >= 0.6 is 0 Å². The first-order valence-electron chi connectivity index (χ1n) is 8.50. The van der Waals surface area contributed by atoms with Gasteiger partial charge in [0.25, 0.3) is 5.56 Å². The number of hydrogen-bond donors (Lipinski definition) is 1. The van der Waals surface area contributed by atoms with Gasteiger partial charge in [-0.1, -0.05) is 25.0 Å². The molecular formula is C18H19N5O2. The van der Waals surface area contributed by atoms with Gasteiger partial charge in [-0.15, -0.1) is 0 Å². The fourth-order valence-corrected chi connectivity index (χ4v) is 3.46. The van der Waals surface area contributed by atoms with Gasteiger partial charge >= 0.3 is 0 Å². The third kappa shape index (κ3) is 3.05. The van der Waals surface area contributed by atoms with E-state index in [0.717, 1.165) is 12.8 Å². The van der Waals surface area contributed by atoms with Gasteiger partial charge < -0.3 is 5.32 Å². The van der Waals surface area contributed by atoms with E-state index in [2.05, 4.69) is 15.4 Å². The number of amides is 1. The summed E-state index contributed by atoms with van der Waals surface area (Å²) < 4.78 is 3.33. The normalized spacial score (nSPS) is 14.9. The monoisotopic (exact) mass is 337 g/mol. The number of fused-ring (bicyclic) bond motifs is 1. The van der Waals surface area contributed by atoms with Gasteiger partial charge in [-0.3, -0.25) is 14.2 Å². The van der Waals surface area contributed by atoms with Gasteiger partial charge in [0.05, 0.1) is 29.5 Å². The molecule has 1 aliphatic rings. The lowest BCUT2D eigenvalue weighted by atomic mass is 10.2. The Kier molecular flexibility index (Phi) is 4.05. The second-order valence-electron chi connectivity index (χ2n) is 6.32. The van der Waals surface area contributed by atoms with Crippen LogP contribution in [0.1, 0.15) is 31.7 Å². The van der Waals surface area contributed by atoms with E-state index in [0.29, 0.717) is 22.9 Å². The average molecular weight is 337 g/mol. The van der Waals surface area contributed by atoms with Gasteiger partial charge in [-0.05, 0) is 25.0 Å². The molecule has 2 aromatic heterocycles. The number of hydrogen-bond acceptors (Lipinski definition) is 4. The molecule has 1 amide bonds. The van der Waals surface area contributed by atoms with Crippen LogP contribution in [0.3, 0.4) is 0 Å². The van der Waals surface area contributed by atoms with Crippen molar-refractivity contribution < 1.29 is 4.79 Å². The number of carbonyl (C=O) groups is 1. The standard InChI is InChI=1S/C18H19N5O2/c24-17(21-16-9-10-20-23(16)13-5-1-2-6-13)12-22-15-8-4-3-7-14(15)19-11-18(22)25/h3-4,7-11,13H,1-2,5-6,12H2,(H,21,24). The molecule has 1 aromatic carbocycles. The number of carbonyl (C=O) groups excluding carboxylic acids is 1. The van der Waals surface area contributed by atoms with Gasteiger partial charge in [-0.2, -0.15) is 5.10 Å². The first-order valence-corrected chi connectivity index (χ1v) is 8.50. The smallest absolute Gasteiger partial charge is 0.269 e. The van der Waals surface area contributed by atoms with E-state index in [9.17, 15) is 9.59 Å². The second kappa shape index (κ2) is 6.51. The van der Waals surface area contributed by atoms with Crippen molar-refractivity contribution in [2.24, 2.45) is 0 Å². The molecule has 3 aromatic rings. The quantitative estimate of drug-likeness (QED) is 0.792. The fourth-order valence-electron chi connectivity index (χ4n) is 3.46. The van der Waals surface area contributed by atoms with E-state index >= 15 is 0 Å². The molecule has 1 saturated carbocycles. The molecule has 0 saturated heterocycles. The lowest BCUT2D eigenvalue weighted by Gasteiger charge is -2.15. The summed E-state index contributed by atoms with van der Waals surface area (Å²) in [5.41, 5.74) is 1.04. The highest BCUT2D eigenvalue weighted by atomic mass is 16.2. The van der Waals surface area contributed by atoms with Gasteiger partial charge in [0.15, 0.2) is 0 Å². The summed E-state index contributed by atoms with van der Waals surface area (Å²) in [5.74, 6) is 0.432. The van der Waals surface area contributed by atoms with Crippen LogP contribution in [0.5, 0.6) is 0 Å². The number of anilines is 1. The van der Waals surface area contributed by atoms with Crippen LogP contribution in [0, 0.1) is 0 Å². The van der Waals surface area contributed by atoms with Crippen molar-refractivity contribution in [3.05, 3.63) is 53.1 Å². The fraction of sp³-hybridized carbons (Fsp3) is 0.333. The lowest BCUT2D eigenvalue weighted by Crippen LogP contribution is -2.28. The van der Waals surface area contributed by atoms with E-state index in [1.807, 2.05) is 22.9 Å². The van der Waals surface area contributed by atoms with Crippen LogP contribution in [-0.2, 0) is 11.3 Å². The molecule has 2 heterocycles. The molecule has 0 radical (unpaired) electrons. The van der Waals surface area contributed by atoms with Crippen molar-refractivity contribution >= 4 is 22.8 Å². The minimum atomic E-state index is -0.293. The molecule has 0 aliphatic heterocycles. The molecule has 1 aliphatic carbocycles. The van der Waals surface area contributed by atoms with Crippen LogP contribution < -0.4 is 10.9 Å². The Morgan fingerprint density at radius 3 is 2.84 bits per heavy atom. The molecule has 7 nitrogen and oxygen atoms in total. The van der Waals surface area contributed by atoms with Crippen molar-refractivity contribution in [3.63, 3.8) is 0 Å². The number of nitrogens with zero attached hydrogens (tertiary/aromatic N) is 4. The SMILES string of the molecule is O=C(Cn1c(=O)cnc2ccccc21)Nc1ccnn1C1CCCC1. The minimum absolute atomic E-state index is 0.0578. The molecule has 1 N–H and O–H groups in total. The molecule has 0 unspecified atom stereocenters. The molecule has 0 spiro atoms. The Balaban J connectivity index is 1.57. The molecule has 128 valence electrons. The van der Waals surface area contributed by atoms with E-state index in [1.165, 1.54) is 23.6 Å². The third-order valence-corrected chi connectivity index (χ3v) is 4.66. The number of aromatic nitrogens is 4. The van der Waals surface area contributed by atoms with Crippen LogP contribution in [-0.4, -0.2) is 25.2 Å². The van der Waals surface area contributed by atoms with Crippen LogP contribution in [0.25, 0.3) is 11.0 Å². The summed E-state index contributed by atoms with van der Waals surface area (Å²) in [6.45, 7) is -0.0578. The van der Waals surface area contributed by atoms with Crippen molar-refractivity contribution in [2.45, 2.75) is 38.3 Å². The van der Waals surface area contributed by atoms with Crippen molar-refractivity contribution in [1.82, 2.24) is 19.3 Å². The Bertz CT molecular complexity index is 969. The summed E-state index contributed by atoms with van der Waals surface area (Å²) >= 11 is 0. The van der Waals surface area contributed by atoms with Crippen LogP contribution in [0.4, 0.5) is 5.82 Å². The van der Waals surface area contributed by atoms with Gasteiger partial charge in [0.1, 0.15) is 12.4 Å². The second-order valence-corrected chi connectivity index (χ2v) is 6.32. The Labute approximate surface area is 144 Å². The number of rotatable bonds is 4. The maximum Gasteiger partial charge on any atom is 0.269 e. The zero-order chi connectivity index (χ0) is 17.2. The van der Waals surface area contributed by atoms with E-state index in [-0.39, 0.29) is 18.0 Å². The predicted molar refractivity (Wildman–Crippen MR) is 94.4 cm³/mol. The van der Waals surface area contributed by atoms with Gasteiger partial charge in [0.2, 0.25) is 5.91 Å². The molecular weight excluding hydrogens is 318 g/mol. The lowest BCUT2D eigenvalue weighted by molar-refractivity contribution is -0.116. The Hall–Kier alpha value is -2.96. The number of benzene rings is 1. The summed E-state index contributed by atoms with van der Waals surface area (Å²) in [4.78, 5) is 28.8. The summed E-state index contributed by atoms with van der Waals surface area (Å²) in [6, 6.07) is 9.42.